The van der Waals surface area contributed by atoms with Crippen molar-refractivity contribution in [3.63, 3.8) is 0 Å². The number of rotatable bonds is 19. The summed E-state index contributed by atoms with van der Waals surface area (Å²) in [6.07, 6.45) is 11.4. The fraction of sp³-hybridized carbons (Fsp3) is 0.619. The maximum atomic E-state index is 13.0. The molecule has 4 rings (SSSR count). The van der Waals surface area contributed by atoms with Gasteiger partial charge in [0.1, 0.15) is 29.7 Å². The summed E-state index contributed by atoms with van der Waals surface area (Å²) in [6.45, 7) is 12.8. The van der Waals surface area contributed by atoms with Gasteiger partial charge in [0.2, 0.25) is 5.91 Å². The fourth-order valence-electron chi connectivity index (χ4n) is 6.91. The van der Waals surface area contributed by atoms with Crippen LogP contribution in [0.2, 0.25) is 0 Å². The Morgan fingerprint density at radius 2 is 1.83 bits per heavy atom. The van der Waals surface area contributed by atoms with Gasteiger partial charge in [-0.15, -0.1) is 0 Å². The zero-order valence-electron chi connectivity index (χ0n) is 32.8. The number of nitrogens with zero attached hydrogens (tertiary/aromatic N) is 1. The first-order valence-electron chi connectivity index (χ1n) is 19.4. The van der Waals surface area contributed by atoms with E-state index in [1.54, 1.807) is 13.0 Å². The van der Waals surface area contributed by atoms with E-state index >= 15 is 0 Å². The lowest BCUT2D eigenvalue weighted by atomic mass is 9.87. The summed E-state index contributed by atoms with van der Waals surface area (Å²) >= 11 is 0. The molecule has 0 aliphatic carbocycles. The third kappa shape index (κ3) is 13.6. The number of carbonyl (C=O) groups is 3. The molecule has 3 aliphatic heterocycles. The first kappa shape index (κ1) is 43.1. The number of allylic oxidation sites excluding steroid dienone is 2. The molecule has 1 aromatic rings. The van der Waals surface area contributed by atoms with Crippen molar-refractivity contribution in [1.82, 2.24) is 5.32 Å². The second kappa shape index (κ2) is 20.8. The van der Waals surface area contributed by atoms with Gasteiger partial charge in [0.15, 0.2) is 5.78 Å². The van der Waals surface area contributed by atoms with Crippen LogP contribution >= 0.6 is 0 Å². The molecule has 3 aliphatic rings. The quantitative estimate of drug-likeness (QED) is 0.0439. The van der Waals surface area contributed by atoms with Gasteiger partial charge in [-0.2, -0.15) is 0 Å². The van der Waals surface area contributed by atoms with E-state index in [0.717, 1.165) is 48.3 Å². The summed E-state index contributed by atoms with van der Waals surface area (Å²) in [7, 11) is 0. The maximum absolute atomic E-state index is 13.0. The normalized spacial score (nSPS) is 29.4. The van der Waals surface area contributed by atoms with Gasteiger partial charge < -0.3 is 39.8 Å². The number of nitrogens with one attached hydrogen (secondary N) is 1. The van der Waals surface area contributed by atoms with Gasteiger partial charge in [0.05, 0.1) is 44.1 Å². The molecule has 0 unspecified atom stereocenters. The molecule has 298 valence electrons. The molecule has 4 N–H and O–H groups in total. The summed E-state index contributed by atoms with van der Waals surface area (Å²) < 4.78 is 29.1. The zero-order valence-corrected chi connectivity index (χ0v) is 32.8. The van der Waals surface area contributed by atoms with Gasteiger partial charge in [-0.1, -0.05) is 30.7 Å². The summed E-state index contributed by atoms with van der Waals surface area (Å²) in [5.74, 6) is 0.314. The van der Waals surface area contributed by atoms with Crippen molar-refractivity contribution < 1.29 is 43.2 Å². The third-order valence-corrected chi connectivity index (χ3v) is 10.3. The van der Waals surface area contributed by atoms with Gasteiger partial charge in [-0.25, -0.2) is 0 Å². The Balaban J connectivity index is 1.24. The summed E-state index contributed by atoms with van der Waals surface area (Å²) in [4.78, 5) is 41.1. The molecular weight excluding hydrogens is 690 g/mol. The van der Waals surface area contributed by atoms with Crippen molar-refractivity contribution in [1.29, 1.82) is 0 Å². The molecule has 1 aromatic carbocycles. The van der Waals surface area contributed by atoms with Crippen LogP contribution in [0.5, 0.6) is 5.75 Å². The highest BCUT2D eigenvalue weighted by Crippen LogP contribution is 2.43. The molecule has 1 amide bonds. The van der Waals surface area contributed by atoms with E-state index in [4.69, 9.17) is 29.4 Å². The van der Waals surface area contributed by atoms with Crippen LogP contribution in [0.15, 0.2) is 65.2 Å². The van der Waals surface area contributed by atoms with E-state index in [2.05, 4.69) is 23.3 Å². The highest BCUT2D eigenvalue weighted by molar-refractivity contribution is 6.00. The van der Waals surface area contributed by atoms with Gasteiger partial charge in [0.25, 0.3) is 0 Å². The lowest BCUT2D eigenvalue weighted by Gasteiger charge is -2.39. The maximum Gasteiger partial charge on any atom is 0.303 e. The van der Waals surface area contributed by atoms with Crippen molar-refractivity contribution in [3.05, 3.63) is 65.8 Å². The molecule has 54 heavy (non-hydrogen) atoms. The number of carbonyl (C=O) groups excluding carboxylic acids is 3. The minimum Gasteiger partial charge on any atom is -0.494 e. The van der Waals surface area contributed by atoms with Crippen LogP contribution in [0.4, 0.5) is 0 Å². The highest BCUT2D eigenvalue weighted by atomic mass is 16.6. The van der Waals surface area contributed by atoms with Crippen molar-refractivity contribution >= 4 is 23.4 Å². The Labute approximate surface area is 320 Å². The van der Waals surface area contributed by atoms with Gasteiger partial charge in [-0.3, -0.25) is 19.4 Å². The van der Waals surface area contributed by atoms with Crippen LogP contribution in [0.3, 0.4) is 0 Å². The van der Waals surface area contributed by atoms with Crippen molar-refractivity contribution in [2.45, 2.75) is 135 Å². The number of nitrogens with two attached hydrogens (primary N) is 1. The molecule has 9 atom stereocenters. The van der Waals surface area contributed by atoms with Crippen LogP contribution < -0.4 is 15.8 Å². The SMILES string of the molecule is CC(=O)O[C@@H](C)/C=C\C(=O)N[C@@H]1C[C@H](C)[C@H](C/C=C(C)/C=C/[C@H]2O[C@H](CC(=O)CN=C(C)c3ccc(OCCCCCN)cc3)C[C@@]3(CO3)[C@@H]2O)O[C@@H]1C. The number of esters is 1. The number of hydrogen-bond donors (Lipinski definition) is 3. The van der Waals surface area contributed by atoms with E-state index in [1.165, 1.54) is 13.0 Å². The molecule has 12 heteroatoms. The Hall–Kier alpha value is -3.68. The number of aliphatic hydroxyl groups is 1. The monoisotopic (exact) mass is 751 g/mol. The van der Waals surface area contributed by atoms with Crippen molar-refractivity contribution in [3.8, 4) is 5.75 Å². The van der Waals surface area contributed by atoms with Crippen LogP contribution in [0.1, 0.15) is 92.1 Å². The van der Waals surface area contributed by atoms with Crippen LogP contribution in [0.25, 0.3) is 0 Å². The molecule has 0 saturated carbocycles. The lowest BCUT2D eigenvalue weighted by molar-refractivity contribution is -0.144. The standard InChI is InChI=1S/C42H61N3O9/c1-27(10-17-38-28(2)22-37(31(5)53-38)45-40(48)19-12-29(3)52-32(6)46)11-18-39-41(49)42(26-51-42)24-36(54-39)23-34(47)25-44-30(4)33-13-15-35(16-14-33)50-21-9-7-8-20-43/h10-16,18-19,28-29,31,36-39,41,49H,7-9,17,20-26,43H2,1-6H3,(H,45,48)/b18-11+,19-12-,27-10+,44-30?/t28-,29-,31+,36+,37+,38-,39+,41+,42+/m0/s1. The van der Waals surface area contributed by atoms with Crippen LogP contribution in [-0.4, -0.2) is 103 Å². The number of epoxide rings is 1. The number of hydrogen-bond acceptors (Lipinski definition) is 11. The summed E-state index contributed by atoms with van der Waals surface area (Å²) in [5, 5.41) is 14.1. The third-order valence-electron chi connectivity index (χ3n) is 10.3. The first-order valence-corrected chi connectivity index (χ1v) is 19.4. The molecule has 12 nitrogen and oxygen atoms in total. The topological polar surface area (TPSA) is 171 Å². The van der Waals surface area contributed by atoms with Crippen molar-refractivity contribution in [2.24, 2.45) is 16.6 Å². The predicted molar refractivity (Wildman–Crippen MR) is 207 cm³/mol. The number of benzene rings is 1. The second-order valence-corrected chi connectivity index (χ2v) is 15.0. The van der Waals surface area contributed by atoms with Gasteiger partial charge >= 0.3 is 5.97 Å². The number of ketones is 1. The van der Waals surface area contributed by atoms with E-state index in [1.807, 2.05) is 57.2 Å². The largest absolute Gasteiger partial charge is 0.494 e. The number of amides is 1. The Kier molecular flexibility index (Phi) is 16.6. The summed E-state index contributed by atoms with van der Waals surface area (Å²) in [6, 6.07) is 7.60. The zero-order chi connectivity index (χ0) is 39.3. The summed E-state index contributed by atoms with van der Waals surface area (Å²) in [5.41, 5.74) is 7.55. The second-order valence-electron chi connectivity index (χ2n) is 15.0. The van der Waals surface area contributed by atoms with E-state index in [9.17, 15) is 19.5 Å². The van der Waals surface area contributed by atoms with Crippen molar-refractivity contribution in [2.75, 3.05) is 26.3 Å². The van der Waals surface area contributed by atoms with Gasteiger partial charge in [-0.05, 0) is 108 Å². The first-order chi connectivity index (χ1) is 25.8. The molecule has 3 fully saturated rings. The Morgan fingerprint density at radius 3 is 2.52 bits per heavy atom. The van der Waals surface area contributed by atoms with E-state index in [0.29, 0.717) is 32.6 Å². The molecule has 0 radical (unpaired) electrons. The minimum atomic E-state index is -0.833. The molecular formula is C42H61N3O9. The molecule has 0 bridgehead atoms. The highest BCUT2D eigenvalue weighted by Gasteiger charge is 2.58. The van der Waals surface area contributed by atoms with E-state index in [-0.39, 0.29) is 48.8 Å². The van der Waals surface area contributed by atoms with Crippen LogP contribution in [-0.2, 0) is 33.3 Å². The molecule has 3 saturated heterocycles. The lowest BCUT2D eigenvalue weighted by Crippen LogP contribution is -2.50. The molecule has 1 spiro atoms. The fourth-order valence-corrected chi connectivity index (χ4v) is 6.91. The van der Waals surface area contributed by atoms with Gasteiger partial charge in [0, 0.05) is 31.6 Å². The Bertz CT molecular complexity index is 1520. The number of aliphatic hydroxyl groups excluding tert-OH is 1. The molecule has 3 heterocycles. The van der Waals surface area contributed by atoms with E-state index < -0.39 is 36.0 Å². The average molecular weight is 752 g/mol. The smallest absolute Gasteiger partial charge is 0.303 e. The average Bonchev–Trinajstić information content (AvgIpc) is 3.91. The number of Topliss-reactive ketones (excluding diaryl/α,β-unsaturated/α-hetero) is 1. The minimum absolute atomic E-state index is 0.0209. The number of aliphatic imine (C=N–C) groups is 1. The predicted octanol–water partition coefficient (Wildman–Crippen LogP) is 4.95. The number of ether oxygens (including phenoxy) is 5. The number of unbranched alkanes of at least 4 members (excludes halogenated alkanes) is 2. The Morgan fingerprint density at radius 1 is 1.09 bits per heavy atom. The molecule has 0 aromatic heterocycles. The van der Waals surface area contributed by atoms with Crippen LogP contribution in [0, 0.1) is 5.92 Å².